The summed E-state index contributed by atoms with van der Waals surface area (Å²) in [6.45, 7) is 4.72. The number of rotatable bonds is 8. The zero-order valence-electron chi connectivity index (χ0n) is 17.5. The topological polar surface area (TPSA) is 52.7 Å². The number of carbonyl (C=O) groups excluding carboxylic acids is 1. The molecule has 2 aromatic carbocycles. The lowest BCUT2D eigenvalue weighted by molar-refractivity contribution is 0.102. The van der Waals surface area contributed by atoms with E-state index in [4.69, 9.17) is 0 Å². The average molecular weight is 435 g/mol. The summed E-state index contributed by atoms with van der Waals surface area (Å²) in [7, 11) is 0. The second-order valence-corrected chi connectivity index (χ2v) is 8.29. The molecule has 158 valence electrons. The number of halogens is 1. The molecule has 0 aliphatic heterocycles. The van der Waals surface area contributed by atoms with Gasteiger partial charge < -0.3 is 4.57 Å². The highest BCUT2D eigenvalue weighted by Gasteiger charge is 2.17. The minimum atomic E-state index is -0.231. The molecule has 0 spiro atoms. The Labute approximate surface area is 184 Å². The van der Waals surface area contributed by atoms with Crippen molar-refractivity contribution in [1.82, 2.24) is 19.3 Å². The Balaban J connectivity index is 1.43. The molecule has 0 aliphatic rings. The molecule has 4 rings (SSSR count). The zero-order chi connectivity index (χ0) is 21.8. The van der Waals surface area contributed by atoms with Crippen molar-refractivity contribution in [2.45, 2.75) is 32.0 Å². The van der Waals surface area contributed by atoms with E-state index < -0.39 is 0 Å². The molecule has 0 saturated heterocycles. The highest BCUT2D eigenvalue weighted by Crippen LogP contribution is 2.23. The number of ketones is 1. The second-order valence-electron chi connectivity index (χ2n) is 7.34. The van der Waals surface area contributed by atoms with Gasteiger partial charge in [0.15, 0.2) is 10.9 Å². The van der Waals surface area contributed by atoms with Gasteiger partial charge in [-0.3, -0.25) is 9.36 Å². The minimum Gasteiger partial charge on any atom is -0.348 e. The number of aromatic nitrogens is 4. The highest BCUT2D eigenvalue weighted by molar-refractivity contribution is 7.99. The zero-order valence-corrected chi connectivity index (χ0v) is 18.3. The van der Waals surface area contributed by atoms with Gasteiger partial charge >= 0.3 is 0 Å². The third kappa shape index (κ3) is 4.77. The van der Waals surface area contributed by atoms with Gasteiger partial charge in [0, 0.05) is 29.2 Å². The van der Waals surface area contributed by atoms with Crippen molar-refractivity contribution >= 4 is 17.5 Å². The molecule has 0 saturated carbocycles. The van der Waals surface area contributed by atoms with Crippen molar-refractivity contribution in [3.05, 3.63) is 95.3 Å². The van der Waals surface area contributed by atoms with Crippen LogP contribution >= 0.6 is 11.8 Å². The number of hydrogen-bond acceptors (Lipinski definition) is 4. The molecule has 0 aliphatic carbocycles. The minimum absolute atomic E-state index is 0.0637. The van der Waals surface area contributed by atoms with Crippen LogP contribution in [-0.4, -0.2) is 30.9 Å². The first-order valence-corrected chi connectivity index (χ1v) is 11.0. The predicted molar refractivity (Wildman–Crippen MR) is 120 cm³/mol. The maximum atomic E-state index is 13.1. The number of Topliss-reactive ketones (excluding diaryl/α,β-unsaturated/α-hetero) is 1. The van der Waals surface area contributed by atoms with Crippen molar-refractivity contribution in [1.29, 1.82) is 0 Å². The predicted octanol–water partition coefficient (Wildman–Crippen LogP) is 5.04. The van der Waals surface area contributed by atoms with Crippen LogP contribution in [0.4, 0.5) is 4.39 Å². The number of nitrogens with zero attached hydrogens (tertiary/aromatic N) is 4. The molecule has 0 fully saturated rings. The molecular formula is C24H23FN4OS. The van der Waals surface area contributed by atoms with E-state index in [1.54, 1.807) is 18.5 Å². The normalized spacial score (nSPS) is 11.1. The first-order chi connectivity index (χ1) is 15.0. The summed E-state index contributed by atoms with van der Waals surface area (Å²) in [4.78, 5) is 13.0. The molecular weight excluding hydrogens is 411 g/mol. The SMILES string of the molecule is Cc1cc(C(=O)CSc2nncn2-c2ccccc2)c(C)n1CCc1ccc(F)cc1. The standard InChI is InChI=1S/C24H23FN4OS/c1-17-14-22(18(2)28(17)13-12-19-8-10-20(25)11-9-19)23(30)15-31-24-27-26-16-29(24)21-6-4-3-5-7-21/h3-11,14,16H,12-13,15H2,1-2H3. The Morgan fingerprint density at radius 1 is 1.06 bits per heavy atom. The second kappa shape index (κ2) is 9.31. The third-order valence-electron chi connectivity index (χ3n) is 5.29. The maximum Gasteiger partial charge on any atom is 0.196 e. The molecule has 0 atom stereocenters. The average Bonchev–Trinajstić information content (AvgIpc) is 3.37. The van der Waals surface area contributed by atoms with E-state index >= 15 is 0 Å². The van der Waals surface area contributed by atoms with Crippen LogP contribution in [0.5, 0.6) is 0 Å². The molecule has 0 radical (unpaired) electrons. The molecule has 31 heavy (non-hydrogen) atoms. The summed E-state index contributed by atoms with van der Waals surface area (Å²) in [5.74, 6) is 0.118. The molecule has 7 heteroatoms. The number of aryl methyl sites for hydroxylation is 2. The van der Waals surface area contributed by atoms with Crippen LogP contribution in [0, 0.1) is 19.7 Å². The van der Waals surface area contributed by atoms with E-state index in [1.165, 1.54) is 23.9 Å². The number of thioether (sulfide) groups is 1. The summed E-state index contributed by atoms with van der Waals surface area (Å²) in [6, 6.07) is 18.3. The van der Waals surface area contributed by atoms with Crippen LogP contribution in [-0.2, 0) is 13.0 Å². The van der Waals surface area contributed by atoms with E-state index in [2.05, 4.69) is 14.8 Å². The summed E-state index contributed by atoms with van der Waals surface area (Å²) in [6.07, 6.45) is 2.43. The third-order valence-corrected chi connectivity index (χ3v) is 6.24. The number of hydrogen-bond donors (Lipinski definition) is 0. The fraction of sp³-hybridized carbons (Fsp3) is 0.208. The molecule has 2 heterocycles. The van der Waals surface area contributed by atoms with Gasteiger partial charge in [-0.15, -0.1) is 10.2 Å². The number of benzene rings is 2. The lowest BCUT2D eigenvalue weighted by Gasteiger charge is -2.10. The van der Waals surface area contributed by atoms with Crippen LogP contribution in [0.2, 0.25) is 0 Å². The van der Waals surface area contributed by atoms with Crippen LogP contribution in [0.3, 0.4) is 0 Å². The summed E-state index contributed by atoms with van der Waals surface area (Å²) >= 11 is 1.38. The summed E-state index contributed by atoms with van der Waals surface area (Å²) < 4.78 is 17.1. The van der Waals surface area contributed by atoms with Crippen LogP contribution in [0.25, 0.3) is 5.69 Å². The Morgan fingerprint density at radius 3 is 2.55 bits per heavy atom. The molecule has 4 aromatic rings. The van der Waals surface area contributed by atoms with Gasteiger partial charge in [-0.1, -0.05) is 42.1 Å². The van der Waals surface area contributed by atoms with Crippen molar-refractivity contribution in [3.8, 4) is 5.69 Å². The maximum absolute atomic E-state index is 13.1. The van der Waals surface area contributed by atoms with Gasteiger partial charge in [-0.2, -0.15) is 0 Å². The molecule has 0 bridgehead atoms. The lowest BCUT2D eigenvalue weighted by atomic mass is 10.1. The van der Waals surface area contributed by atoms with Crippen molar-refractivity contribution < 1.29 is 9.18 Å². The van der Waals surface area contributed by atoms with Crippen LogP contribution in [0.15, 0.2) is 72.1 Å². The van der Waals surface area contributed by atoms with Gasteiger partial charge in [0.25, 0.3) is 0 Å². The molecule has 0 unspecified atom stereocenters. The van der Waals surface area contributed by atoms with Crippen LogP contribution in [0.1, 0.15) is 27.3 Å². The van der Waals surface area contributed by atoms with E-state index in [0.29, 0.717) is 5.16 Å². The Bertz CT molecular complexity index is 1180. The molecule has 5 nitrogen and oxygen atoms in total. The number of para-hydroxylation sites is 1. The highest BCUT2D eigenvalue weighted by atomic mass is 32.2. The van der Waals surface area contributed by atoms with Crippen molar-refractivity contribution in [2.75, 3.05) is 5.75 Å². The smallest absolute Gasteiger partial charge is 0.196 e. The van der Waals surface area contributed by atoms with E-state index in [-0.39, 0.29) is 17.4 Å². The van der Waals surface area contributed by atoms with E-state index in [1.807, 2.05) is 54.8 Å². The van der Waals surface area contributed by atoms with E-state index in [0.717, 1.165) is 41.2 Å². The van der Waals surface area contributed by atoms with Gasteiger partial charge in [0.05, 0.1) is 5.75 Å². The van der Waals surface area contributed by atoms with Crippen molar-refractivity contribution in [2.24, 2.45) is 0 Å². The van der Waals surface area contributed by atoms with Gasteiger partial charge in [0.1, 0.15) is 12.1 Å². The summed E-state index contributed by atoms with van der Waals surface area (Å²) in [5, 5.41) is 8.85. The number of carbonyl (C=O) groups is 1. The van der Waals surface area contributed by atoms with Gasteiger partial charge in [0.2, 0.25) is 0 Å². The molecule has 0 amide bonds. The first kappa shape index (κ1) is 21.1. The summed E-state index contributed by atoms with van der Waals surface area (Å²) in [5.41, 5.74) is 4.75. The quantitative estimate of drug-likeness (QED) is 0.288. The largest absolute Gasteiger partial charge is 0.348 e. The monoisotopic (exact) mass is 434 g/mol. The van der Waals surface area contributed by atoms with Crippen LogP contribution < -0.4 is 0 Å². The first-order valence-electron chi connectivity index (χ1n) is 10.1. The fourth-order valence-electron chi connectivity index (χ4n) is 3.62. The molecule has 0 N–H and O–H groups in total. The van der Waals surface area contributed by atoms with Gasteiger partial charge in [-0.05, 0) is 56.2 Å². The Kier molecular flexibility index (Phi) is 6.32. The molecule has 2 aromatic heterocycles. The fourth-order valence-corrected chi connectivity index (χ4v) is 4.43. The van der Waals surface area contributed by atoms with E-state index in [9.17, 15) is 9.18 Å². The lowest BCUT2D eigenvalue weighted by Crippen LogP contribution is -2.09. The Morgan fingerprint density at radius 2 is 1.81 bits per heavy atom. The van der Waals surface area contributed by atoms with Crippen molar-refractivity contribution in [3.63, 3.8) is 0 Å². The Hall–Kier alpha value is -3.19. The van der Waals surface area contributed by atoms with Gasteiger partial charge in [-0.25, -0.2) is 4.39 Å².